The molecule has 0 atom stereocenters. The Labute approximate surface area is 179 Å². The molecule has 2 aromatic carbocycles. The molecule has 1 saturated heterocycles. The number of para-hydroxylation sites is 1. The average Bonchev–Trinajstić information content (AvgIpc) is 3.18. The highest BCUT2D eigenvalue weighted by Crippen LogP contribution is 2.32. The van der Waals surface area contributed by atoms with Gasteiger partial charge in [0.05, 0.1) is 16.2 Å². The number of hydrogen-bond acceptors (Lipinski definition) is 6. The number of ether oxygens (including phenoxy) is 1. The van der Waals surface area contributed by atoms with Crippen molar-refractivity contribution in [2.45, 2.75) is 31.1 Å². The topological polar surface area (TPSA) is 88.6 Å². The van der Waals surface area contributed by atoms with Crippen LogP contribution in [0.1, 0.15) is 36.5 Å². The van der Waals surface area contributed by atoms with Gasteiger partial charge in [-0.15, -0.1) is 0 Å². The van der Waals surface area contributed by atoms with Crippen LogP contribution in [0.2, 0.25) is 0 Å². The maximum absolute atomic E-state index is 12.7. The molecule has 0 saturated carbocycles. The molecule has 1 aromatic heterocycles. The van der Waals surface area contributed by atoms with Crippen molar-refractivity contribution in [1.82, 2.24) is 9.29 Å². The zero-order valence-electron chi connectivity index (χ0n) is 16.6. The van der Waals surface area contributed by atoms with Crippen molar-refractivity contribution in [3.63, 3.8) is 0 Å². The normalized spacial score (nSPS) is 15.2. The van der Waals surface area contributed by atoms with Gasteiger partial charge >= 0.3 is 0 Å². The minimum Gasteiger partial charge on any atom is -0.492 e. The average molecular weight is 446 g/mol. The van der Waals surface area contributed by atoms with Gasteiger partial charge in [0.1, 0.15) is 11.3 Å². The lowest BCUT2D eigenvalue weighted by atomic mass is 10.2. The van der Waals surface area contributed by atoms with Gasteiger partial charge in [-0.25, -0.2) is 13.4 Å². The molecule has 9 heteroatoms. The van der Waals surface area contributed by atoms with Crippen LogP contribution in [0.5, 0.6) is 5.75 Å². The van der Waals surface area contributed by atoms with Crippen LogP contribution in [0, 0.1) is 0 Å². The predicted molar refractivity (Wildman–Crippen MR) is 118 cm³/mol. The Morgan fingerprint density at radius 1 is 1.13 bits per heavy atom. The van der Waals surface area contributed by atoms with Crippen LogP contribution >= 0.6 is 11.3 Å². The second kappa shape index (κ2) is 8.71. The fraction of sp³-hybridized carbons (Fsp3) is 0.333. The molecular weight excluding hydrogens is 422 g/mol. The lowest BCUT2D eigenvalue weighted by molar-refractivity contribution is 0.102. The Balaban J connectivity index is 1.50. The largest absolute Gasteiger partial charge is 0.492 e. The molecule has 158 valence electrons. The first-order valence-electron chi connectivity index (χ1n) is 9.93. The second-order valence-electron chi connectivity index (χ2n) is 7.00. The van der Waals surface area contributed by atoms with Crippen LogP contribution in [-0.4, -0.2) is 43.3 Å². The number of carbonyl (C=O) groups excluding carboxylic acids is 1. The number of aromatic nitrogens is 1. The number of hydrogen-bond donors (Lipinski definition) is 1. The van der Waals surface area contributed by atoms with Crippen LogP contribution in [0.15, 0.2) is 47.4 Å². The number of benzene rings is 2. The van der Waals surface area contributed by atoms with Crippen molar-refractivity contribution in [3.05, 3.63) is 48.0 Å². The first-order valence-corrected chi connectivity index (χ1v) is 12.2. The van der Waals surface area contributed by atoms with Gasteiger partial charge in [0.15, 0.2) is 5.13 Å². The van der Waals surface area contributed by atoms with E-state index in [1.54, 1.807) is 0 Å². The van der Waals surface area contributed by atoms with Crippen LogP contribution in [0.4, 0.5) is 5.13 Å². The third-order valence-electron chi connectivity index (χ3n) is 4.97. The number of amides is 1. The highest BCUT2D eigenvalue weighted by atomic mass is 32.2. The first kappa shape index (κ1) is 20.8. The van der Waals surface area contributed by atoms with E-state index in [0.29, 0.717) is 41.7 Å². The zero-order valence-corrected chi connectivity index (χ0v) is 18.3. The van der Waals surface area contributed by atoms with E-state index in [1.807, 2.05) is 25.1 Å². The molecule has 2 heterocycles. The molecular formula is C21H23N3O4S2. The number of anilines is 1. The van der Waals surface area contributed by atoms with Crippen molar-refractivity contribution in [1.29, 1.82) is 0 Å². The third kappa shape index (κ3) is 4.19. The van der Waals surface area contributed by atoms with E-state index >= 15 is 0 Å². The van der Waals surface area contributed by atoms with Gasteiger partial charge in [-0.3, -0.25) is 10.1 Å². The predicted octanol–water partition coefficient (Wildman–Crippen LogP) is 4.12. The fourth-order valence-corrected chi connectivity index (χ4v) is 5.85. The first-order chi connectivity index (χ1) is 14.5. The number of piperidine rings is 1. The van der Waals surface area contributed by atoms with E-state index in [0.717, 1.165) is 24.0 Å². The maximum atomic E-state index is 12.7. The Morgan fingerprint density at radius 2 is 1.87 bits per heavy atom. The van der Waals surface area contributed by atoms with Gasteiger partial charge in [0.2, 0.25) is 10.0 Å². The summed E-state index contributed by atoms with van der Waals surface area (Å²) >= 11 is 1.36. The van der Waals surface area contributed by atoms with Gasteiger partial charge < -0.3 is 4.74 Å². The third-order valence-corrected chi connectivity index (χ3v) is 7.82. The number of nitrogens with one attached hydrogen (secondary N) is 1. The van der Waals surface area contributed by atoms with Crippen LogP contribution < -0.4 is 10.1 Å². The van der Waals surface area contributed by atoms with Gasteiger partial charge in [-0.1, -0.05) is 23.8 Å². The summed E-state index contributed by atoms with van der Waals surface area (Å²) in [6, 6.07) is 11.7. The van der Waals surface area contributed by atoms with Crippen LogP contribution in [0.25, 0.3) is 10.2 Å². The van der Waals surface area contributed by atoms with E-state index < -0.39 is 10.0 Å². The van der Waals surface area contributed by atoms with E-state index in [9.17, 15) is 13.2 Å². The monoisotopic (exact) mass is 445 g/mol. The van der Waals surface area contributed by atoms with E-state index in [4.69, 9.17) is 4.74 Å². The summed E-state index contributed by atoms with van der Waals surface area (Å²) in [5.41, 5.74) is 1.08. The van der Waals surface area contributed by atoms with Crippen molar-refractivity contribution in [2.75, 3.05) is 25.0 Å². The minimum absolute atomic E-state index is 0.210. The molecule has 3 aromatic rings. The molecule has 1 N–H and O–H groups in total. The highest BCUT2D eigenvalue weighted by molar-refractivity contribution is 7.89. The van der Waals surface area contributed by atoms with Gasteiger partial charge in [0, 0.05) is 18.7 Å². The molecule has 1 amide bonds. The number of rotatable bonds is 6. The highest BCUT2D eigenvalue weighted by Gasteiger charge is 2.26. The fourth-order valence-electron chi connectivity index (χ4n) is 3.45. The summed E-state index contributed by atoms with van der Waals surface area (Å²) in [4.78, 5) is 17.3. The Kier molecular flexibility index (Phi) is 6.03. The van der Waals surface area contributed by atoms with Gasteiger partial charge in [-0.2, -0.15) is 4.31 Å². The molecule has 0 spiro atoms. The molecule has 7 nitrogen and oxygen atoms in total. The number of fused-ring (bicyclic) bond motifs is 1. The molecule has 4 rings (SSSR count). The zero-order chi connectivity index (χ0) is 21.1. The van der Waals surface area contributed by atoms with Crippen molar-refractivity contribution in [2.24, 2.45) is 0 Å². The van der Waals surface area contributed by atoms with Crippen molar-refractivity contribution in [3.8, 4) is 5.75 Å². The summed E-state index contributed by atoms with van der Waals surface area (Å²) < 4.78 is 33.5. The molecule has 1 fully saturated rings. The molecule has 0 unspecified atom stereocenters. The summed E-state index contributed by atoms with van der Waals surface area (Å²) in [5.74, 6) is 0.341. The standard InChI is InChI=1S/C21H23N3O4S2/c1-2-28-17-7-6-8-18-19(17)22-21(29-18)23-20(25)15-9-11-16(12-10-15)30(26,27)24-13-4-3-5-14-24/h6-12H,2-5,13-14H2,1H3,(H,22,23,25). The lowest BCUT2D eigenvalue weighted by Gasteiger charge is -2.25. The van der Waals surface area contributed by atoms with Crippen LogP contribution in [0.3, 0.4) is 0 Å². The van der Waals surface area contributed by atoms with Crippen molar-refractivity contribution < 1.29 is 17.9 Å². The summed E-state index contributed by atoms with van der Waals surface area (Å²) in [6.45, 7) is 3.53. The van der Waals surface area contributed by atoms with E-state index in [2.05, 4.69) is 10.3 Å². The maximum Gasteiger partial charge on any atom is 0.257 e. The smallest absolute Gasteiger partial charge is 0.257 e. The Morgan fingerprint density at radius 3 is 2.57 bits per heavy atom. The SMILES string of the molecule is CCOc1cccc2sc(NC(=O)c3ccc(S(=O)(=O)N4CCCCC4)cc3)nc12. The molecule has 0 aliphatic carbocycles. The summed E-state index contributed by atoms with van der Waals surface area (Å²) in [7, 11) is -3.51. The molecule has 1 aliphatic heterocycles. The Bertz CT molecular complexity index is 1150. The van der Waals surface area contributed by atoms with E-state index in [1.165, 1.54) is 39.9 Å². The number of carbonyl (C=O) groups is 1. The second-order valence-corrected chi connectivity index (χ2v) is 9.97. The van der Waals surface area contributed by atoms with E-state index in [-0.39, 0.29) is 10.8 Å². The molecule has 0 radical (unpaired) electrons. The summed E-state index contributed by atoms with van der Waals surface area (Å²) in [6.07, 6.45) is 2.82. The molecule has 0 bridgehead atoms. The number of nitrogens with zero attached hydrogens (tertiary/aromatic N) is 2. The minimum atomic E-state index is -3.51. The number of thiazole rings is 1. The molecule has 30 heavy (non-hydrogen) atoms. The Hall–Kier alpha value is -2.49. The lowest BCUT2D eigenvalue weighted by Crippen LogP contribution is -2.35. The van der Waals surface area contributed by atoms with Crippen molar-refractivity contribution >= 4 is 42.6 Å². The van der Waals surface area contributed by atoms with Crippen LogP contribution in [-0.2, 0) is 10.0 Å². The number of sulfonamides is 1. The molecule has 1 aliphatic rings. The van der Waals surface area contributed by atoms with Gasteiger partial charge in [-0.05, 0) is 56.2 Å². The summed E-state index contributed by atoms with van der Waals surface area (Å²) in [5, 5.41) is 3.26. The quantitative estimate of drug-likeness (QED) is 0.617. The van der Waals surface area contributed by atoms with Gasteiger partial charge in [0.25, 0.3) is 5.91 Å².